The molecule has 0 bridgehead atoms. The first-order valence-electron chi connectivity index (χ1n) is 7.71. The van der Waals surface area contributed by atoms with E-state index >= 15 is 0 Å². The van der Waals surface area contributed by atoms with E-state index in [-0.39, 0.29) is 5.91 Å². The summed E-state index contributed by atoms with van der Waals surface area (Å²) in [5.74, 6) is 0.458. The second-order valence-electron chi connectivity index (χ2n) is 5.68. The van der Waals surface area contributed by atoms with Crippen molar-refractivity contribution in [1.82, 2.24) is 25.3 Å². The number of rotatable bonds is 4. The largest absolute Gasteiger partial charge is 0.367 e. The van der Waals surface area contributed by atoms with Crippen LogP contribution in [0.15, 0.2) is 24.5 Å². The number of aromatic nitrogens is 4. The van der Waals surface area contributed by atoms with Crippen molar-refractivity contribution < 1.29 is 4.79 Å². The minimum Gasteiger partial charge on any atom is -0.367 e. The van der Waals surface area contributed by atoms with Gasteiger partial charge in [0.1, 0.15) is 5.82 Å². The van der Waals surface area contributed by atoms with Gasteiger partial charge in [0, 0.05) is 39.4 Å². The molecule has 8 nitrogen and oxygen atoms in total. The standard InChI is InChI=1S/C15H21N7O/c1-16-15(23)13-5-6-14(20-19-13)18-11-4-3-7-22(9-11)12-8-17-21(2)10-12/h5-6,8,10-11H,3-4,7,9H2,1-2H3,(H,16,23)(H,18,20). The predicted octanol–water partition coefficient (Wildman–Crippen LogP) is 0.651. The van der Waals surface area contributed by atoms with E-state index in [0.29, 0.717) is 17.6 Å². The number of hydrogen-bond donors (Lipinski definition) is 2. The molecule has 1 amide bonds. The molecule has 2 aromatic rings. The smallest absolute Gasteiger partial charge is 0.271 e. The van der Waals surface area contributed by atoms with E-state index in [1.165, 1.54) is 0 Å². The molecule has 23 heavy (non-hydrogen) atoms. The molecule has 0 radical (unpaired) electrons. The van der Waals surface area contributed by atoms with Crippen LogP contribution in [-0.2, 0) is 7.05 Å². The zero-order chi connectivity index (χ0) is 16.2. The third-order valence-corrected chi connectivity index (χ3v) is 3.95. The lowest BCUT2D eigenvalue weighted by Gasteiger charge is -2.34. The molecular weight excluding hydrogens is 294 g/mol. The van der Waals surface area contributed by atoms with E-state index in [0.717, 1.165) is 31.6 Å². The summed E-state index contributed by atoms with van der Waals surface area (Å²) >= 11 is 0. The predicted molar refractivity (Wildman–Crippen MR) is 87.5 cm³/mol. The molecular formula is C15H21N7O. The number of anilines is 2. The Kier molecular flexibility index (Phi) is 4.40. The van der Waals surface area contributed by atoms with Crippen molar-refractivity contribution in [2.45, 2.75) is 18.9 Å². The number of piperidine rings is 1. The quantitative estimate of drug-likeness (QED) is 0.861. The van der Waals surface area contributed by atoms with E-state index in [4.69, 9.17) is 0 Å². The summed E-state index contributed by atoms with van der Waals surface area (Å²) in [7, 11) is 3.50. The molecule has 0 saturated carbocycles. The van der Waals surface area contributed by atoms with Crippen molar-refractivity contribution in [3.05, 3.63) is 30.2 Å². The van der Waals surface area contributed by atoms with E-state index in [2.05, 4.69) is 30.8 Å². The van der Waals surface area contributed by atoms with Crippen molar-refractivity contribution in [1.29, 1.82) is 0 Å². The maximum Gasteiger partial charge on any atom is 0.271 e. The van der Waals surface area contributed by atoms with Gasteiger partial charge < -0.3 is 15.5 Å². The van der Waals surface area contributed by atoms with Crippen LogP contribution in [-0.4, -0.2) is 52.1 Å². The molecule has 3 rings (SSSR count). The first kappa shape index (κ1) is 15.3. The van der Waals surface area contributed by atoms with Gasteiger partial charge in [-0.15, -0.1) is 10.2 Å². The summed E-state index contributed by atoms with van der Waals surface area (Å²) in [6.45, 7) is 1.93. The Morgan fingerprint density at radius 3 is 2.87 bits per heavy atom. The molecule has 0 spiro atoms. The Balaban J connectivity index is 1.62. The van der Waals surface area contributed by atoms with Gasteiger partial charge in [-0.2, -0.15) is 5.10 Å². The lowest BCUT2D eigenvalue weighted by atomic mass is 10.1. The summed E-state index contributed by atoms with van der Waals surface area (Å²) < 4.78 is 1.81. The Hall–Kier alpha value is -2.64. The highest BCUT2D eigenvalue weighted by atomic mass is 16.1. The molecule has 1 fully saturated rings. The van der Waals surface area contributed by atoms with Crippen molar-refractivity contribution >= 4 is 17.4 Å². The number of carbonyl (C=O) groups excluding carboxylic acids is 1. The Bertz CT molecular complexity index is 667. The van der Waals surface area contributed by atoms with Gasteiger partial charge in [0.25, 0.3) is 5.91 Å². The molecule has 8 heteroatoms. The first-order valence-corrected chi connectivity index (χ1v) is 7.71. The van der Waals surface area contributed by atoms with Crippen LogP contribution in [0.4, 0.5) is 11.5 Å². The van der Waals surface area contributed by atoms with Crippen molar-refractivity contribution in [2.75, 3.05) is 30.4 Å². The van der Waals surface area contributed by atoms with Crippen molar-refractivity contribution in [3.8, 4) is 0 Å². The molecule has 1 unspecified atom stereocenters. The average molecular weight is 315 g/mol. The lowest BCUT2D eigenvalue weighted by Crippen LogP contribution is -2.42. The zero-order valence-corrected chi connectivity index (χ0v) is 13.4. The van der Waals surface area contributed by atoms with E-state index in [1.54, 1.807) is 19.2 Å². The highest BCUT2D eigenvalue weighted by Gasteiger charge is 2.21. The third-order valence-electron chi connectivity index (χ3n) is 3.95. The van der Waals surface area contributed by atoms with Crippen LogP contribution in [0.3, 0.4) is 0 Å². The Morgan fingerprint density at radius 1 is 1.35 bits per heavy atom. The number of hydrogen-bond acceptors (Lipinski definition) is 6. The van der Waals surface area contributed by atoms with Gasteiger partial charge in [0.15, 0.2) is 5.69 Å². The number of carbonyl (C=O) groups is 1. The van der Waals surface area contributed by atoms with Crippen LogP contribution in [0.1, 0.15) is 23.3 Å². The normalized spacial score (nSPS) is 17.8. The fourth-order valence-electron chi connectivity index (χ4n) is 2.77. The zero-order valence-electron chi connectivity index (χ0n) is 13.4. The number of aryl methyl sites for hydroxylation is 1. The fourth-order valence-corrected chi connectivity index (χ4v) is 2.77. The van der Waals surface area contributed by atoms with Crippen LogP contribution in [0, 0.1) is 0 Å². The fraction of sp³-hybridized carbons (Fsp3) is 0.467. The maximum atomic E-state index is 11.5. The van der Waals surface area contributed by atoms with Gasteiger partial charge in [-0.3, -0.25) is 9.48 Å². The lowest BCUT2D eigenvalue weighted by molar-refractivity contribution is 0.0957. The molecule has 1 aliphatic rings. The summed E-state index contributed by atoms with van der Waals surface area (Å²) in [5, 5.41) is 18.2. The second-order valence-corrected chi connectivity index (χ2v) is 5.68. The number of nitrogens with one attached hydrogen (secondary N) is 2. The number of nitrogens with zero attached hydrogens (tertiary/aromatic N) is 5. The highest BCUT2D eigenvalue weighted by molar-refractivity contribution is 5.91. The van der Waals surface area contributed by atoms with E-state index in [9.17, 15) is 4.79 Å². The molecule has 3 heterocycles. The maximum absolute atomic E-state index is 11.5. The first-order chi connectivity index (χ1) is 11.2. The molecule has 1 aliphatic heterocycles. The summed E-state index contributed by atoms with van der Waals surface area (Å²) in [6, 6.07) is 3.76. The number of amides is 1. The summed E-state index contributed by atoms with van der Waals surface area (Å²) in [6.07, 6.45) is 6.10. The Morgan fingerprint density at radius 2 is 2.22 bits per heavy atom. The SMILES string of the molecule is CNC(=O)c1ccc(NC2CCCN(c3cnn(C)c3)C2)nn1. The minimum atomic E-state index is -0.232. The Labute approximate surface area is 134 Å². The second kappa shape index (κ2) is 6.64. The van der Waals surface area contributed by atoms with Crippen LogP contribution in [0.5, 0.6) is 0 Å². The minimum absolute atomic E-state index is 0.232. The van der Waals surface area contributed by atoms with Crippen LogP contribution < -0.4 is 15.5 Å². The van der Waals surface area contributed by atoms with Crippen molar-refractivity contribution in [3.63, 3.8) is 0 Å². The van der Waals surface area contributed by atoms with Gasteiger partial charge in [0.05, 0.1) is 11.9 Å². The molecule has 1 atom stereocenters. The van der Waals surface area contributed by atoms with Gasteiger partial charge in [-0.1, -0.05) is 0 Å². The summed E-state index contributed by atoms with van der Waals surface area (Å²) in [4.78, 5) is 13.8. The van der Waals surface area contributed by atoms with Gasteiger partial charge >= 0.3 is 0 Å². The molecule has 1 saturated heterocycles. The van der Waals surface area contributed by atoms with Gasteiger partial charge in [-0.25, -0.2) is 0 Å². The topological polar surface area (TPSA) is 88.0 Å². The molecule has 0 aliphatic carbocycles. The van der Waals surface area contributed by atoms with Crippen molar-refractivity contribution in [2.24, 2.45) is 7.05 Å². The van der Waals surface area contributed by atoms with E-state index in [1.807, 2.05) is 24.1 Å². The van der Waals surface area contributed by atoms with E-state index < -0.39 is 0 Å². The van der Waals surface area contributed by atoms with Gasteiger partial charge in [0.2, 0.25) is 0 Å². The van der Waals surface area contributed by atoms with Crippen LogP contribution >= 0.6 is 0 Å². The van der Waals surface area contributed by atoms with Gasteiger partial charge in [-0.05, 0) is 25.0 Å². The molecule has 2 aromatic heterocycles. The molecule has 2 N–H and O–H groups in total. The molecule has 0 aromatic carbocycles. The van der Waals surface area contributed by atoms with Crippen LogP contribution in [0.25, 0.3) is 0 Å². The monoisotopic (exact) mass is 315 g/mol. The third kappa shape index (κ3) is 3.58. The highest BCUT2D eigenvalue weighted by Crippen LogP contribution is 2.20. The van der Waals surface area contributed by atoms with Crippen LogP contribution in [0.2, 0.25) is 0 Å². The molecule has 122 valence electrons. The summed E-state index contributed by atoms with van der Waals surface area (Å²) in [5.41, 5.74) is 1.46. The average Bonchev–Trinajstić information content (AvgIpc) is 3.02.